The maximum atomic E-state index is 12.4. The Bertz CT molecular complexity index is 896. The third-order valence-electron chi connectivity index (χ3n) is 3.90. The summed E-state index contributed by atoms with van der Waals surface area (Å²) in [6.45, 7) is 1.88. The van der Waals surface area contributed by atoms with Crippen LogP contribution in [0.25, 0.3) is 11.3 Å². The molecule has 0 saturated carbocycles. The number of nitrogens with zero attached hydrogens (tertiary/aromatic N) is 3. The minimum atomic E-state index is -0.856. The van der Waals surface area contributed by atoms with E-state index in [-0.39, 0.29) is 12.2 Å². The van der Waals surface area contributed by atoms with Gasteiger partial charge >= 0.3 is 0 Å². The van der Waals surface area contributed by atoms with Crippen molar-refractivity contribution < 1.29 is 9.21 Å². The topological polar surface area (TPSA) is 79.8 Å². The summed E-state index contributed by atoms with van der Waals surface area (Å²) in [5, 5.41) is 9.29. The maximum absolute atomic E-state index is 12.4. The summed E-state index contributed by atoms with van der Waals surface area (Å²) in [5.74, 6) is 0.177. The van der Waals surface area contributed by atoms with E-state index in [0.717, 1.165) is 11.3 Å². The van der Waals surface area contributed by atoms with E-state index in [1.54, 1.807) is 24.4 Å². The van der Waals surface area contributed by atoms with Crippen molar-refractivity contribution in [1.29, 1.82) is 5.26 Å². The first-order valence-electron chi connectivity index (χ1n) is 8.04. The summed E-state index contributed by atoms with van der Waals surface area (Å²) in [5.41, 5.74) is 2.22. The molecule has 0 aliphatic carbocycles. The standard InChI is InChI=1S/C20H17N3O2/c1-14-20(15-7-3-2-4-8-15)25-19(23-14)11-10-18(24)16(13-21)17-9-5-6-12-22-17/h2-9,12,16H,10-11H2,1H3. The highest BCUT2D eigenvalue weighted by atomic mass is 16.4. The van der Waals surface area contributed by atoms with Crippen LogP contribution >= 0.6 is 0 Å². The molecule has 0 saturated heterocycles. The van der Waals surface area contributed by atoms with Gasteiger partial charge in [-0.3, -0.25) is 9.78 Å². The number of ketones is 1. The van der Waals surface area contributed by atoms with Crippen LogP contribution in [-0.4, -0.2) is 15.8 Å². The summed E-state index contributed by atoms with van der Waals surface area (Å²) >= 11 is 0. The van der Waals surface area contributed by atoms with Crippen molar-refractivity contribution in [3.63, 3.8) is 0 Å². The largest absolute Gasteiger partial charge is 0.440 e. The molecule has 2 heterocycles. The van der Waals surface area contributed by atoms with Gasteiger partial charge in [-0.25, -0.2) is 4.98 Å². The Morgan fingerprint density at radius 3 is 2.64 bits per heavy atom. The molecular weight excluding hydrogens is 314 g/mol. The Labute approximate surface area is 146 Å². The van der Waals surface area contributed by atoms with Crippen molar-refractivity contribution in [3.05, 3.63) is 72.0 Å². The molecular formula is C20H17N3O2. The number of aromatic nitrogens is 2. The van der Waals surface area contributed by atoms with Gasteiger partial charge in [-0.1, -0.05) is 36.4 Å². The van der Waals surface area contributed by atoms with Gasteiger partial charge in [-0.15, -0.1) is 0 Å². The van der Waals surface area contributed by atoms with Gasteiger partial charge in [0.1, 0.15) is 5.92 Å². The summed E-state index contributed by atoms with van der Waals surface area (Å²) in [6, 6.07) is 17.0. The minimum Gasteiger partial charge on any atom is -0.440 e. The molecule has 25 heavy (non-hydrogen) atoms. The number of hydrogen-bond donors (Lipinski definition) is 0. The van der Waals surface area contributed by atoms with Crippen LogP contribution in [0.4, 0.5) is 0 Å². The number of hydrogen-bond acceptors (Lipinski definition) is 5. The van der Waals surface area contributed by atoms with E-state index < -0.39 is 5.92 Å². The minimum absolute atomic E-state index is 0.182. The average molecular weight is 331 g/mol. The number of aryl methyl sites for hydroxylation is 2. The Balaban J connectivity index is 1.70. The van der Waals surface area contributed by atoms with Crippen LogP contribution < -0.4 is 0 Å². The number of pyridine rings is 1. The fourth-order valence-corrected chi connectivity index (χ4v) is 2.64. The van der Waals surface area contributed by atoms with Crippen molar-refractivity contribution >= 4 is 5.78 Å². The zero-order valence-electron chi connectivity index (χ0n) is 13.8. The molecule has 5 heteroatoms. The Kier molecular flexibility index (Phi) is 5.00. The van der Waals surface area contributed by atoms with Crippen LogP contribution in [0.2, 0.25) is 0 Å². The van der Waals surface area contributed by atoms with Crippen molar-refractivity contribution in [2.45, 2.75) is 25.7 Å². The number of Topliss-reactive ketones (excluding diaryl/α,β-unsaturated/α-hetero) is 1. The lowest BCUT2D eigenvalue weighted by molar-refractivity contribution is -0.119. The van der Waals surface area contributed by atoms with E-state index in [0.29, 0.717) is 23.8 Å². The van der Waals surface area contributed by atoms with E-state index in [2.05, 4.69) is 9.97 Å². The van der Waals surface area contributed by atoms with Gasteiger partial charge in [0.25, 0.3) is 0 Å². The third kappa shape index (κ3) is 3.81. The predicted octanol–water partition coefficient (Wildman–Crippen LogP) is 3.85. The van der Waals surface area contributed by atoms with Gasteiger partial charge in [-0.05, 0) is 19.1 Å². The normalized spacial score (nSPS) is 11.7. The lowest BCUT2D eigenvalue weighted by Crippen LogP contribution is -2.13. The summed E-state index contributed by atoms with van der Waals surface area (Å²) < 4.78 is 5.81. The van der Waals surface area contributed by atoms with Crippen molar-refractivity contribution in [3.8, 4) is 17.4 Å². The Morgan fingerprint density at radius 1 is 1.20 bits per heavy atom. The van der Waals surface area contributed by atoms with Gasteiger partial charge in [0.05, 0.1) is 17.5 Å². The fourth-order valence-electron chi connectivity index (χ4n) is 2.64. The van der Waals surface area contributed by atoms with E-state index in [1.165, 1.54) is 0 Å². The third-order valence-corrected chi connectivity index (χ3v) is 3.90. The molecule has 0 aliphatic rings. The monoisotopic (exact) mass is 331 g/mol. The average Bonchev–Trinajstić information content (AvgIpc) is 3.03. The van der Waals surface area contributed by atoms with Gasteiger partial charge < -0.3 is 4.42 Å². The van der Waals surface area contributed by atoms with E-state index in [9.17, 15) is 10.1 Å². The number of carbonyl (C=O) groups is 1. The Morgan fingerprint density at radius 2 is 1.96 bits per heavy atom. The maximum Gasteiger partial charge on any atom is 0.195 e. The second-order valence-corrected chi connectivity index (χ2v) is 5.67. The zero-order valence-corrected chi connectivity index (χ0v) is 13.8. The van der Waals surface area contributed by atoms with Crippen LogP contribution in [-0.2, 0) is 11.2 Å². The molecule has 3 aromatic rings. The highest BCUT2D eigenvalue weighted by Gasteiger charge is 2.22. The summed E-state index contributed by atoms with van der Waals surface area (Å²) in [6.07, 6.45) is 2.12. The van der Waals surface area contributed by atoms with Crippen LogP contribution in [0.5, 0.6) is 0 Å². The number of benzene rings is 1. The molecule has 0 aliphatic heterocycles. The predicted molar refractivity (Wildman–Crippen MR) is 92.6 cm³/mol. The number of oxazole rings is 1. The SMILES string of the molecule is Cc1nc(CCC(=O)C(C#N)c2ccccn2)oc1-c1ccccc1. The molecule has 1 atom stereocenters. The Hall–Kier alpha value is -3.26. The number of rotatable bonds is 6. The van der Waals surface area contributed by atoms with E-state index in [1.807, 2.05) is 43.3 Å². The van der Waals surface area contributed by atoms with Crippen LogP contribution in [0.3, 0.4) is 0 Å². The fraction of sp³-hybridized carbons (Fsp3) is 0.200. The quantitative estimate of drug-likeness (QED) is 0.685. The summed E-state index contributed by atoms with van der Waals surface area (Å²) in [7, 11) is 0. The molecule has 5 nitrogen and oxygen atoms in total. The first-order chi connectivity index (χ1) is 12.2. The zero-order chi connectivity index (χ0) is 17.6. The van der Waals surface area contributed by atoms with E-state index >= 15 is 0 Å². The smallest absolute Gasteiger partial charge is 0.195 e. The van der Waals surface area contributed by atoms with E-state index in [4.69, 9.17) is 4.42 Å². The molecule has 1 aromatic carbocycles. The molecule has 3 rings (SSSR count). The lowest BCUT2D eigenvalue weighted by Gasteiger charge is -2.06. The van der Waals surface area contributed by atoms with Gasteiger partial charge in [0.15, 0.2) is 17.4 Å². The van der Waals surface area contributed by atoms with Crippen LogP contribution in [0.1, 0.15) is 29.6 Å². The van der Waals surface area contributed by atoms with Gasteiger partial charge in [0.2, 0.25) is 0 Å². The first kappa shape index (κ1) is 16.6. The second kappa shape index (κ2) is 7.54. The van der Waals surface area contributed by atoms with Crippen molar-refractivity contribution in [2.75, 3.05) is 0 Å². The molecule has 0 N–H and O–H groups in total. The first-order valence-corrected chi connectivity index (χ1v) is 8.04. The lowest BCUT2D eigenvalue weighted by atomic mass is 9.98. The molecule has 0 spiro atoms. The molecule has 2 aromatic heterocycles. The van der Waals surface area contributed by atoms with Crippen LogP contribution in [0, 0.1) is 18.3 Å². The molecule has 0 radical (unpaired) electrons. The second-order valence-electron chi connectivity index (χ2n) is 5.67. The molecule has 124 valence electrons. The number of carbonyl (C=O) groups excluding carboxylic acids is 1. The number of nitriles is 1. The highest BCUT2D eigenvalue weighted by molar-refractivity contribution is 5.88. The summed E-state index contributed by atoms with van der Waals surface area (Å²) in [4.78, 5) is 20.9. The molecule has 0 bridgehead atoms. The van der Waals surface area contributed by atoms with Gasteiger partial charge in [0, 0.05) is 24.6 Å². The van der Waals surface area contributed by atoms with Crippen LogP contribution in [0.15, 0.2) is 59.1 Å². The molecule has 1 unspecified atom stereocenters. The molecule has 0 amide bonds. The van der Waals surface area contributed by atoms with Crippen molar-refractivity contribution in [2.24, 2.45) is 0 Å². The van der Waals surface area contributed by atoms with Gasteiger partial charge in [-0.2, -0.15) is 5.26 Å². The van der Waals surface area contributed by atoms with Crippen molar-refractivity contribution in [1.82, 2.24) is 9.97 Å². The molecule has 0 fully saturated rings. The highest BCUT2D eigenvalue weighted by Crippen LogP contribution is 2.25.